The highest BCUT2D eigenvalue weighted by atomic mass is 16.2. The molecule has 0 aromatic heterocycles. The van der Waals surface area contributed by atoms with Crippen LogP contribution in [-0.2, 0) is 10.2 Å². The van der Waals surface area contributed by atoms with Crippen LogP contribution in [0.3, 0.4) is 0 Å². The average molecular weight is 273 g/mol. The number of likely N-dealkylation sites (N-methyl/N-ethyl adjacent to an activating group) is 1. The minimum Gasteiger partial charge on any atom is -0.399 e. The summed E-state index contributed by atoms with van der Waals surface area (Å²) in [5, 5.41) is 3.10. The van der Waals surface area contributed by atoms with E-state index in [0.717, 1.165) is 43.2 Å². The molecule has 1 aromatic carbocycles. The van der Waals surface area contributed by atoms with Gasteiger partial charge in [0.2, 0.25) is 5.91 Å². The number of nitrogen functional groups attached to an aromatic ring is 1. The van der Waals surface area contributed by atoms with Gasteiger partial charge in [-0.1, -0.05) is 12.1 Å². The van der Waals surface area contributed by atoms with Crippen LogP contribution >= 0.6 is 0 Å². The van der Waals surface area contributed by atoms with Crippen LogP contribution in [0.5, 0.6) is 0 Å². The molecule has 20 heavy (non-hydrogen) atoms. The van der Waals surface area contributed by atoms with Crippen LogP contribution in [0.25, 0.3) is 0 Å². The molecule has 2 fully saturated rings. The third-order valence-electron chi connectivity index (χ3n) is 4.57. The van der Waals surface area contributed by atoms with Gasteiger partial charge in [0, 0.05) is 24.8 Å². The SMILES string of the molecule is CN(CCNC(=O)C1(c2ccc(N)cc2)CC1)C1CC1. The molecule has 0 bridgehead atoms. The lowest BCUT2D eigenvalue weighted by molar-refractivity contribution is -0.123. The molecule has 0 aliphatic heterocycles. The second-order valence-electron chi connectivity index (χ2n) is 6.17. The van der Waals surface area contributed by atoms with Crippen molar-refractivity contribution in [3.05, 3.63) is 29.8 Å². The maximum atomic E-state index is 12.4. The van der Waals surface area contributed by atoms with Gasteiger partial charge in [-0.3, -0.25) is 4.79 Å². The Hall–Kier alpha value is -1.55. The predicted molar refractivity (Wildman–Crippen MR) is 80.4 cm³/mol. The normalized spacial score (nSPS) is 19.9. The molecule has 2 aliphatic carbocycles. The Morgan fingerprint density at radius 2 is 2.00 bits per heavy atom. The van der Waals surface area contributed by atoms with E-state index in [9.17, 15) is 4.79 Å². The Bertz CT molecular complexity index is 489. The van der Waals surface area contributed by atoms with Crippen LogP contribution in [0.2, 0.25) is 0 Å². The standard InChI is InChI=1S/C16H23N3O/c1-19(14-6-7-14)11-10-18-15(20)16(8-9-16)12-2-4-13(17)5-3-12/h2-5,14H,6-11,17H2,1H3,(H,18,20). The van der Waals surface area contributed by atoms with Gasteiger partial charge in [-0.05, 0) is 50.4 Å². The molecule has 3 rings (SSSR count). The Balaban J connectivity index is 1.54. The maximum Gasteiger partial charge on any atom is 0.230 e. The van der Waals surface area contributed by atoms with Crippen LogP contribution in [0, 0.1) is 0 Å². The topological polar surface area (TPSA) is 58.4 Å². The third kappa shape index (κ3) is 2.66. The zero-order chi connectivity index (χ0) is 14.2. The molecular weight excluding hydrogens is 250 g/mol. The summed E-state index contributed by atoms with van der Waals surface area (Å²) in [5.74, 6) is 0.173. The van der Waals surface area contributed by atoms with Crippen molar-refractivity contribution < 1.29 is 4.79 Å². The first-order chi connectivity index (χ1) is 9.62. The van der Waals surface area contributed by atoms with E-state index in [1.807, 2.05) is 24.3 Å². The van der Waals surface area contributed by atoms with Gasteiger partial charge in [0.15, 0.2) is 0 Å². The molecule has 0 unspecified atom stereocenters. The molecule has 4 nitrogen and oxygen atoms in total. The average Bonchev–Trinajstić information content (AvgIpc) is 3.30. The first-order valence-corrected chi connectivity index (χ1v) is 7.46. The quantitative estimate of drug-likeness (QED) is 0.772. The van der Waals surface area contributed by atoms with E-state index in [1.54, 1.807) is 0 Å². The lowest BCUT2D eigenvalue weighted by Crippen LogP contribution is -2.39. The molecule has 108 valence electrons. The summed E-state index contributed by atoms with van der Waals surface area (Å²) in [6, 6.07) is 8.47. The fraction of sp³-hybridized carbons (Fsp3) is 0.562. The summed E-state index contributed by atoms with van der Waals surface area (Å²) >= 11 is 0. The Morgan fingerprint density at radius 1 is 1.35 bits per heavy atom. The summed E-state index contributed by atoms with van der Waals surface area (Å²) < 4.78 is 0. The summed E-state index contributed by atoms with van der Waals surface area (Å²) in [4.78, 5) is 14.8. The second-order valence-corrected chi connectivity index (χ2v) is 6.17. The van der Waals surface area contributed by atoms with E-state index >= 15 is 0 Å². The van der Waals surface area contributed by atoms with E-state index in [2.05, 4.69) is 17.3 Å². The van der Waals surface area contributed by atoms with E-state index in [1.165, 1.54) is 12.8 Å². The van der Waals surface area contributed by atoms with Crippen molar-refractivity contribution in [3.8, 4) is 0 Å². The molecule has 1 amide bonds. The zero-order valence-corrected chi connectivity index (χ0v) is 12.1. The molecule has 0 heterocycles. The smallest absolute Gasteiger partial charge is 0.230 e. The van der Waals surface area contributed by atoms with Gasteiger partial charge in [0.1, 0.15) is 0 Å². The zero-order valence-electron chi connectivity index (χ0n) is 12.1. The lowest BCUT2D eigenvalue weighted by atomic mass is 9.95. The van der Waals surface area contributed by atoms with E-state index in [4.69, 9.17) is 5.73 Å². The number of nitrogens with zero attached hydrogens (tertiary/aromatic N) is 1. The van der Waals surface area contributed by atoms with E-state index in [-0.39, 0.29) is 11.3 Å². The van der Waals surface area contributed by atoms with Crippen molar-refractivity contribution >= 4 is 11.6 Å². The van der Waals surface area contributed by atoms with Gasteiger partial charge in [0.25, 0.3) is 0 Å². The second kappa shape index (κ2) is 5.09. The first kappa shape index (κ1) is 13.4. The van der Waals surface area contributed by atoms with Gasteiger partial charge in [0.05, 0.1) is 5.41 Å². The summed E-state index contributed by atoms with van der Waals surface area (Å²) in [5.41, 5.74) is 7.27. The van der Waals surface area contributed by atoms with E-state index in [0.29, 0.717) is 0 Å². The molecule has 3 N–H and O–H groups in total. The number of carbonyl (C=O) groups is 1. The summed E-state index contributed by atoms with van der Waals surface area (Å²) in [6.45, 7) is 1.68. The van der Waals surface area contributed by atoms with Crippen molar-refractivity contribution in [1.82, 2.24) is 10.2 Å². The van der Waals surface area contributed by atoms with Crippen molar-refractivity contribution in [2.75, 3.05) is 25.9 Å². The predicted octanol–water partition coefficient (Wildman–Crippen LogP) is 1.51. The van der Waals surface area contributed by atoms with Crippen LogP contribution in [0.4, 0.5) is 5.69 Å². The van der Waals surface area contributed by atoms with Crippen molar-refractivity contribution in [2.45, 2.75) is 37.1 Å². The van der Waals surface area contributed by atoms with E-state index < -0.39 is 0 Å². The van der Waals surface area contributed by atoms with Gasteiger partial charge in [-0.2, -0.15) is 0 Å². The molecule has 2 saturated carbocycles. The lowest BCUT2D eigenvalue weighted by Gasteiger charge is -2.19. The van der Waals surface area contributed by atoms with Crippen LogP contribution in [-0.4, -0.2) is 37.0 Å². The number of anilines is 1. The maximum absolute atomic E-state index is 12.4. The minimum atomic E-state index is -0.286. The minimum absolute atomic E-state index is 0.173. The van der Waals surface area contributed by atoms with Gasteiger partial charge in [-0.25, -0.2) is 0 Å². The highest BCUT2D eigenvalue weighted by Crippen LogP contribution is 2.48. The largest absolute Gasteiger partial charge is 0.399 e. The molecule has 0 atom stereocenters. The number of nitrogens with two attached hydrogens (primary N) is 1. The Morgan fingerprint density at radius 3 is 2.55 bits per heavy atom. The monoisotopic (exact) mass is 273 g/mol. The summed E-state index contributed by atoms with van der Waals surface area (Å²) in [7, 11) is 2.14. The van der Waals surface area contributed by atoms with Gasteiger partial charge >= 0.3 is 0 Å². The third-order valence-corrected chi connectivity index (χ3v) is 4.57. The van der Waals surface area contributed by atoms with Crippen molar-refractivity contribution in [1.29, 1.82) is 0 Å². The van der Waals surface area contributed by atoms with Crippen molar-refractivity contribution in [3.63, 3.8) is 0 Å². The number of hydrogen-bond donors (Lipinski definition) is 2. The molecule has 0 radical (unpaired) electrons. The Kier molecular flexibility index (Phi) is 3.42. The first-order valence-electron chi connectivity index (χ1n) is 7.46. The van der Waals surface area contributed by atoms with Crippen LogP contribution in [0.1, 0.15) is 31.2 Å². The number of amides is 1. The Labute approximate surface area is 120 Å². The number of hydrogen-bond acceptors (Lipinski definition) is 3. The fourth-order valence-corrected chi connectivity index (χ4v) is 2.79. The van der Waals surface area contributed by atoms with Crippen molar-refractivity contribution in [2.24, 2.45) is 0 Å². The highest BCUT2D eigenvalue weighted by Gasteiger charge is 2.51. The fourth-order valence-electron chi connectivity index (χ4n) is 2.79. The summed E-state index contributed by atoms with van der Waals surface area (Å²) in [6.07, 6.45) is 4.50. The molecule has 2 aliphatic rings. The number of carbonyl (C=O) groups excluding carboxylic acids is 1. The molecule has 0 saturated heterocycles. The molecule has 0 spiro atoms. The van der Waals surface area contributed by atoms with Gasteiger partial charge < -0.3 is 16.0 Å². The molecule has 4 heteroatoms. The van der Waals surface area contributed by atoms with Crippen LogP contribution in [0.15, 0.2) is 24.3 Å². The number of rotatable bonds is 6. The van der Waals surface area contributed by atoms with Crippen LogP contribution < -0.4 is 11.1 Å². The number of benzene rings is 1. The number of nitrogens with one attached hydrogen (secondary N) is 1. The molecule has 1 aromatic rings. The van der Waals surface area contributed by atoms with Gasteiger partial charge in [-0.15, -0.1) is 0 Å². The highest BCUT2D eigenvalue weighted by molar-refractivity contribution is 5.91. The molecular formula is C16H23N3O.